The number of carbonyl (C=O) groups is 1. The Morgan fingerprint density at radius 3 is 3.00 bits per heavy atom. The minimum absolute atomic E-state index is 0.320. The van der Waals surface area contributed by atoms with Crippen molar-refractivity contribution in [1.29, 1.82) is 0 Å². The van der Waals surface area contributed by atoms with Gasteiger partial charge < -0.3 is 15.0 Å². The molecule has 1 aromatic carbocycles. The summed E-state index contributed by atoms with van der Waals surface area (Å²) in [5, 5.41) is 8.97. The number of urea groups is 1. The first kappa shape index (κ1) is 22.4. The highest BCUT2D eigenvalue weighted by Crippen LogP contribution is 2.31. The third-order valence-electron chi connectivity index (χ3n) is 5.53. The summed E-state index contributed by atoms with van der Waals surface area (Å²) in [5.41, 5.74) is 3.17. The predicted molar refractivity (Wildman–Crippen MR) is 126 cm³/mol. The van der Waals surface area contributed by atoms with Crippen LogP contribution < -0.4 is 10.6 Å². The van der Waals surface area contributed by atoms with Crippen molar-refractivity contribution in [2.24, 2.45) is 5.92 Å². The second-order valence-electron chi connectivity index (χ2n) is 7.81. The summed E-state index contributed by atoms with van der Waals surface area (Å²) in [6, 6.07) is 4.95. The number of halogens is 2. The number of allylic oxidation sites excluding steroid dienone is 1. The molecule has 0 spiro atoms. The Kier molecular flexibility index (Phi) is 7.72. The second-order valence-corrected chi connectivity index (χ2v) is 9.49. The van der Waals surface area contributed by atoms with E-state index in [1.807, 2.05) is 11.4 Å². The first-order chi connectivity index (χ1) is 15.1. The van der Waals surface area contributed by atoms with Gasteiger partial charge in [0.05, 0.1) is 29.0 Å². The molecule has 2 amide bonds. The molecule has 2 aliphatic heterocycles. The molecule has 6 nitrogen and oxygen atoms in total. The third-order valence-corrected chi connectivity index (χ3v) is 7.07. The van der Waals surface area contributed by atoms with Gasteiger partial charge in [0, 0.05) is 36.6 Å². The van der Waals surface area contributed by atoms with E-state index in [-0.39, 0.29) is 6.03 Å². The van der Waals surface area contributed by atoms with Crippen molar-refractivity contribution in [3.63, 3.8) is 0 Å². The van der Waals surface area contributed by atoms with Gasteiger partial charge in [-0.05, 0) is 43.4 Å². The summed E-state index contributed by atoms with van der Waals surface area (Å²) in [6.07, 6.45) is 7.24. The highest BCUT2D eigenvalue weighted by molar-refractivity contribution is 7.13. The van der Waals surface area contributed by atoms with E-state index >= 15 is 0 Å². The molecule has 2 N–H and O–H groups in total. The van der Waals surface area contributed by atoms with Gasteiger partial charge in [-0.25, -0.2) is 9.78 Å². The molecule has 9 heteroatoms. The molecule has 4 rings (SSSR count). The van der Waals surface area contributed by atoms with Gasteiger partial charge in [0.1, 0.15) is 0 Å². The van der Waals surface area contributed by atoms with Crippen molar-refractivity contribution < 1.29 is 9.53 Å². The van der Waals surface area contributed by atoms with Gasteiger partial charge in [0.25, 0.3) is 0 Å². The maximum atomic E-state index is 12.1. The number of anilines is 1. The van der Waals surface area contributed by atoms with E-state index < -0.39 is 0 Å². The van der Waals surface area contributed by atoms with Crippen molar-refractivity contribution in [3.8, 4) is 0 Å². The van der Waals surface area contributed by atoms with Crippen LogP contribution in [-0.2, 0) is 17.9 Å². The Hall–Kier alpha value is -1.80. The molecule has 2 aliphatic rings. The summed E-state index contributed by atoms with van der Waals surface area (Å²) in [4.78, 5) is 19.1. The summed E-state index contributed by atoms with van der Waals surface area (Å²) < 4.78 is 5.98. The Bertz CT molecular complexity index is 949. The third kappa shape index (κ3) is 6.13. The quantitative estimate of drug-likeness (QED) is 0.534. The largest absolute Gasteiger partial charge is 0.375 e. The zero-order chi connectivity index (χ0) is 21.6. The second kappa shape index (κ2) is 10.7. The normalized spacial score (nSPS) is 18.3. The van der Waals surface area contributed by atoms with E-state index in [0.29, 0.717) is 40.9 Å². The summed E-state index contributed by atoms with van der Waals surface area (Å²) in [6.45, 7) is 3.87. The number of aromatic nitrogens is 1. The number of benzene rings is 1. The number of rotatable bonds is 7. The van der Waals surface area contributed by atoms with E-state index in [9.17, 15) is 4.79 Å². The topological polar surface area (TPSA) is 66.5 Å². The van der Waals surface area contributed by atoms with E-state index in [4.69, 9.17) is 27.9 Å². The van der Waals surface area contributed by atoms with Gasteiger partial charge in [-0.1, -0.05) is 35.3 Å². The number of carbonyl (C=O) groups excluding carboxylic acids is 1. The first-order valence-electron chi connectivity index (χ1n) is 10.5. The molecule has 1 aromatic heterocycles. The standard InChI is InChI=1S/C22H26Cl2N4O2S/c23-18-7-6-15(10-19(18)24)11-25-21(29)27-22-26-17(14-31-22)13-30-12-16-4-3-9-28-8-2-1-5-20(16)28/h5-7,10,14,16H,1-4,8-9,11-13H2,(H2,25,26,27,29). The number of fused-ring (bicyclic) bond motifs is 1. The number of nitrogens with zero attached hydrogens (tertiary/aromatic N) is 2. The molecule has 0 radical (unpaired) electrons. The number of hydrogen-bond donors (Lipinski definition) is 2. The number of piperidine rings is 1. The highest BCUT2D eigenvalue weighted by atomic mass is 35.5. The average Bonchev–Trinajstić information content (AvgIpc) is 3.22. The fourth-order valence-corrected chi connectivity index (χ4v) is 5.02. The van der Waals surface area contributed by atoms with Crippen LogP contribution in [0, 0.1) is 5.92 Å². The molecular formula is C22H26Cl2N4O2S. The molecule has 166 valence electrons. The smallest absolute Gasteiger partial charge is 0.321 e. The lowest BCUT2D eigenvalue weighted by atomic mass is 9.91. The SMILES string of the molecule is O=C(NCc1ccc(Cl)c(Cl)c1)Nc1nc(COCC2CCCN3CCCC=C23)cs1. The van der Waals surface area contributed by atoms with Crippen LogP contribution in [0.4, 0.5) is 9.93 Å². The van der Waals surface area contributed by atoms with Crippen LogP contribution >= 0.6 is 34.5 Å². The van der Waals surface area contributed by atoms with Crippen LogP contribution in [0.25, 0.3) is 0 Å². The molecule has 1 unspecified atom stereocenters. The maximum absolute atomic E-state index is 12.1. The fraction of sp³-hybridized carbons (Fsp3) is 0.455. The Balaban J connectivity index is 1.20. The zero-order valence-corrected chi connectivity index (χ0v) is 19.5. The zero-order valence-electron chi connectivity index (χ0n) is 17.2. The molecule has 0 aliphatic carbocycles. The molecule has 3 heterocycles. The Morgan fingerprint density at radius 2 is 2.13 bits per heavy atom. The lowest BCUT2D eigenvalue weighted by molar-refractivity contribution is 0.0702. The van der Waals surface area contributed by atoms with Gasteiger partial charge in [-0.2, -0.15) is 0 Å². The molecule has 1 fully saturated rings. The van der Waals surface area contributed by atoms with Crippen molar-refractivity contribution in [1.82, 2.24) is 15.2 Å². The minimum atomic E-state index is -0.320. The molecule has 0 bridgehead atoms. The molecular weight excluding hydrogens is 455 g/mol. The summed E-state index contributed by atoms with van der Waals surface area (Å²) >= 11 is 13.3. The lowest BCUT2D eigenvalue weighted by Crippen LogP contribution is -2.37. The van der Waals surface area contributed by atoms with Crippen LogP contribution in [0.2, 0.25) is 10.0 Å². The monoisotopic (exact) mass is 480 g/mol. The van der Waals surface area contributed by atoms with E-state index in [1.165, 1.54) is 55.8 Å². The van der Waals surface area contributed by atoms with Crippen LogP contribution in [0.5, 0.6) is 0 Å². The van der Waals surface area contributed by atoms with Gasteiger partial charge in [0.15, 0.2) is 5.13 Å². The molecule has 2 aromatic rings. The fourth-order valence-electron chi connectivity index (χ4n) is 4.01. The van der Waals surface area contributed by atoms with E-state index in [1.54, 1.807) is 12.1 Å². The van der Waals surface area contributed by atoms with Crippen LogP contribution in [0.3, 0.4) is 0 Å². The maximum Gasteiger partial charge on any atom is 0.321 e. The average molecular weight is 481 g/mol. The number of nitrogens with one attached hydrogen (secondary N) is 2. The highest BCUT2D eigenvalue weighted by Gasteiger charge is 2.26. The molecule has 0 saturated carbocycles. The number of amides is 2. The van der Waals surface area contributed by atoms with Crippen molar-refractivity contribution in [2.75, 3.05) is 25.0 Å². The Labute approximate surface area is 196 Å². The van der Waals surface area contributed by atoms with Crippen molar-refractivity contribution in [3.05, 3.63) is 56.7 Å². The van der Waals surface area contributed by atoms with Crippen LogP contribution in [0.15, 0.2) is 35.4 Å². The van der Waals surface area contributed by atoms with Gasteiger partial charge in [-0.3, -0.25) is 5.32 Å². The van der Waals surface area contributed by atoms with Gasteiger partial charge in [0.2, 0.25) is 0 Å². The van der Waals surface area contributed by atoms with Crippen molar-refractivity contribution >= 4 is 45.7 Å². The van der Waals surface area contributed by atoms with Gasteiger partial charge in [-0.15, -0.1) is 11.3 Å². The van der Waals surface area contributed by atoms with E-state index in [0.717, 1.165) is 11.3 Å². The number of ether oxygens (including phenoxy) is 1. The van der Waals surface area contributed by atoms with Crippen LogP contribution in [-0.4, -0.2) is 35.6 Å². The predicted octanol–water partition coefficient (Wildman–Crippen LogP) is 5.68. The summed E-state index contributed by atoms with van der Waals surface area (Å²) in [5.74, 6) is 0.484. The van der Waals surface area contributed by atoms with Gasteiger partial charge >= 0.3 is 6.03 Å². The first-order valence-corrected chi connectivity index (χ1v) is 12.2. The molecule has 1 atom stereocenters. The lowest BCUT2D eigenvalue weighted by Gasteiger charge is -2.39. The molecule has 1 saturated heterocycles. The number of hydrogen-bond acceptors (Lipinski definition) is 5. The van der Waals surface area contributed by atoms with E-state index in [2.05, 4.69) is 26.6 Å². The molecule has 31 heavy (non-hydrogen) atoms. The van der Waals surface area contributed by atoms with Crippen molar-refractivity contribution in [2.45, 2.75) is 38.8 Å². The summed E-state index contributed by atoms with van der Waals surface area (Å²) in [7, 11) is 0. The number of thiazole rings is 1. The minimum Gasteiger partial charge on any atom is -0.375 e. The Morgan fingerprint density at radius 1 is 1.26 bits per heavy atom. The van der Waals surface area contributed by atoms with Crippen LogP contribution in [0.1, 0.15) is 36.9 Å².